The van der Waals surface area contributed by atoms with Crippen LogP contribution in [0, 0.1) is 6.92 Å². The molecule has 0 aliphatic rings. The molecule has 0 radical (unpaired) electrons. The Hall–Kier alpha value is -2.91. The average Bonchev–Trinajstić information content (AvgIpc) is 3.04. The third-order valence-corrected chi connectivity index (χ3v) is 6.99. The first kappa shape index (κ1) is 24.7. The highest BCUT2D eigenvalue weighted by molar-refractivity contribution is 7.92. The van der Waals surface area contributed by atoms with Crippen molar-refractivity contribution in [3.63, 3.8) is 0 Å². The van der Waals surface area contributed by atoms with Crippen LogP contribution in [0.5, 0.6) is 0 Å². The Labute approximate surface area is 197 Å². The van der Waals surface area contributed by atoms with Crippen molar-refractivity contribution in [2.75, 3.05) is 5.75 Å². The number of benzene rings is 1. The molecule has 33 heavy (non-hydrogen) atoms. The summed E-state index contributed by atoms with van der Waals surface area (Å²) in [6, 6.07) is 9.08. The van der Waals surface area contributed by atoms with Crippen LogP contribution < -0.4 is 5.32 Å². The van der Waals surface area contributed by atoms with Crippen LogP contribution in [0.2, 0.25) is 5.02 Å². The first-order valence-corrected chi connectivity index (χ1v) is 12.4. The van der Waals surface area contributed by atoms with Gasteiger partial charge in [-0.25, -0.2) is 13.4 Å². The number of ether oxygens (including phenoxy) is 1. The molecule has 2 aromatic heterocycles. The van der Waals surface area contributed by atoms with E-state index in [0.717, 1.165) is 5.69 Å². The molecular weight excluding hydrogens is 466 g/mol. The Morgan fingerprint density at radius 1 is 1.15 bits per heavy atom. The minimum absolute atomic E-state index is 0.00949. The molecule has 176 valence electrons. The predicted molar refractivity (Wildman–Crippen MR) is 126 cm³/mol. The zero-order valence-electron chi connectivity index (χ0n) is 19.0. The number of amides is 1. The molecule has 0 aliphatic carbocycles. The van der Waals surface area contributed by atoms with Crippen molar-refractivity contribution in [3.05, 3.63) is 58.4 Å². The van der Waals surface area contributed by atoms with Gasteiger partial charge in [0.1, 0.15) is 11.3 Å². The van der Waals surface area contributed by atoms with E-state index in [4.69, 9.17) is 16.3 Å². The van der Waals surface area contributed by atoms with Crippen LogP contribution >= 0.6 is 11.6 Å². The quantitative estimate of drug-likeness (QED) is 0.504. The number of halogens is 1. The lowest BCUT2D eigenvalue weighted by Crippen LogP contribution is -2.28. The van der Waals surface area contributed by atoms with Crippen molar-refractivity contribution < 1.29 is 22.7 Å². The van der Waals surface area contributed by atoms with E-state index in [9.17, 15) is 18.0 Å². The maximum Gasteiger partial charge on any atom is 0.321 e. The number of aryl methyl sites for hydroxylation is 2. The number of hydrogen-bond donors (Lipinski definition) is 1. The summed E-state index contributed by atoms with van der Waals surface area (Å²) in [5, 5.41) is 4.12. The van der Waals surface area contributed by atoms with E-state index in [1.165, 1.54) is 12.1 Å². The minimum atomic E-state index is -3.83. The van der Waals surface area contributed by atoms with Gasteiger partial charge in [-0.15, -0.1) is 0 Å². The second kappa shape index (κ2) is 9.52. The van der Waals surface area contributed by atoms with Crippen LogP contribution in [0.3, 0.4) is 0 Å². The monoisotopic (exact) mass is 491 g/mol. The number of rotatable bonds is 7. The fourth-order valence-electron chi connectivity index (χ4n) is 3.44. The van der Waals surface area contributed by atoms with E-state index >= 15 is 0 Å². The molecule has 0 unspecified atom stereocenters. The molecule has 0 aliphatic heterocycles. The number of nitrogens with one attached hydrogen (secondary N) is 1. The van der Waals surface area contributed by atoms with E-state index in [-0.39, 0.29) is 10.8 Å². The second-order valence-electron chi connectivity index (χ2n) is 8.13. The van der Waals surface area contributed by atoms with Crippen LogP contribution in [0.1, 0.15) is 48.6 Å². The molecule has 1 aromatic carbocycles. The van der Waals surface area contributed by atoms with Crippen molar-refractivity contribution in [3.8, 4) is 0 Å². The number of fused-ring (bicyclic) bond motifs is 1. The molecule has 1 amide bonds. The maximum atomic E-state index is 12.9. The van der Waals surface area contributed by atoms with Crippen LogP contribution in [0.15, 0.2) is 41.3 Å². The molecule has 0 saturated heterocycles. The van der Waals surface area contributed by atoms with Gasteiger partial charge in [0.15, 0.2) is 15.6 Å². The van der Waals surface area contributed by atoms with Crippen LogP contribution in [-0.2, 0) is 26.4 Å². The van der Waals surface area contributed by atoms with Crippen molar-refractivity contribution in [2.45, 2.75) is 44.7 Å². The molecule has 0 bridgehead atoms. The molecular formula is C23H26ClN3O5S. The van der Waals surface area contributed by atoms with Crippen molar-refractivity contribution >= 4 is 44.3 Å². The number of aromatic nitrogens is 2. The zero-order chi connectivity index (χ0) is 24.5. The largest absolute Gasteiger partial charge is 0.462 e. The molecule has 0 saturated carbocycles. The predicted octanol–water partition coefficient (Wildman–Crippen LogP) is 3.75. The Morgan fingerprint density at radius 3 is 2.39 bits per heavy atom. The summed E-state index contributed by atoms with van der Waals surface area (Å²) >= 11 is 6.30. The van der Waals surface area contributed by atoms with E-state index in [1.807, 2.05) is 6.92 Å². The van der Waals surface area contributed by atoms with Crippen molar-refractivity contribution in [1.82, 2.24) is 14.9 Å². The Balaban J connectivity index is 1.75. The van der Waals surface area contributed by atoms with E-state index in [1.54, 1.807) is 56.7 Å². The van der Waals surface area contributed by atoms with Gasteiger partial charge in [-0.2, -0.15) is 0 Å². The Morgan fingerprint density at radius 2 is 1.79 bits per heavy atom. The summed E-state index contributed by atoms with van der Waals surface area (Å²) in [5.41, 5.74) is 2.47. The van der Waals surface area contributed by atoms with Gasteiger partial charge in [0.25, 0.3) is 5.91 Å². The lowest BCUT2D eigenvalue weighted by molar-refractivity contribution is -0.144. The SMILES string of the molecule is Cc1cc(Cl)c2cc(C(=O)N[C@H](C)c3ccc(S(=O)(=O)CC(=O)OC(C)C)cc3)n(C)c2n1. The molecule has 0 spiro atoms. The number of hydrogen-bond acceptors (Lipinski definition) is 6. The highest BCUT2D eigenvalue weighted by atomic mass is 35.5. The summed E-state index contributed by atoms with van der Waals surface area (Å²) in [6.45, 7) is 6.93. The highest BCUT2D eigenvalue weighted by Crippen LogP contribution is 2.26. The van der Waals surface area contributed by atoms with Gasteiger partial charge in [0, 0.05) is 18.1 Å². The van der Waals surface area contributed by atoms with E-state index < -0.39 is 33.7 Å². The van der Waals surface area contributed by atoms with Crippen molar-refractivity contribution in [2.24, 2.45) is 7.05 Å². The molecule has 0 fully saturated rings. The molecule has 1 atom stereocenters. The van der Waals surface area contributed by atoms with Crippen molar-refractivity contribution in [1.29, 1.82) is 0 Å². The van der Waals surface area contributed by atoms with Gasteiger partial charge in [-0.3, -0.25) is 9.59 Å². The van der Waals surface area contributed by atoms with E-state index in [0.29, 0.717) is 27.3 Å². The average molecular weight is 492 g/mol. The number of sulfone groups is 1. The third-order valence-electron chi connectivity index (χ3n) is 5.07. The topological polar surface area (TPSA) is 107 Å². The molecule has 2 heterocycles. The Bertz CT molecular complexity index is 1310. The number of nitrogens with zero attached hydrogens (tertiary/aromatic N) is 2. The van der Waals surface area contributed by atoms with Gasteiger partial charge in [0.05, 0.1) is 22.1 Å². The number of esters is 1. The Kier molecular flexibility index (Phi) is 7.14. The molecule has 3 rings (SSSR count). The summed E-state index contributed by atoms with van der Waals surface area (Å²) in [6.07, 6.45) is -0.391. The number of pyridine rings is 1. The smallest absolute Gasteiger partial charge is 0.321 e. The standard InChI is InChI=1S/C23H26ClN3O5S/c1-13(2)32-21(28)12-33(30,31)17-8-6-16(7-9-17)15(4)26-23(29)20-11-18-19(24)10-14(3)25-22(18)27(20)5/h6-11,13,15H,12H2,1-5H3,(H,26,29)/t15-/m1/s1. The van der Waals surface area contributed by atoms with Gasteiger partial charge in [0.2, 0.25) is 0 Å². The zero-order valence-corrected chi connectivity index (χ0v) is 20.6. The van der Waals surface area contributed by atoms with Gasteiger partial charge < -0.3 is 14.6 Å². The summed E-state index contributed by atoms with van der Waals surface area (Å²) in [7, 11) is -2.08. The minimum Gasteiger partial charge on any atom is -0.462 e. The molecule has 3 aromatic rings. The normalized spacial score (nSPS) is 12.7. The first-order valence-electron chi connectivity index (χ1n) is 10.3. The van der Waals surface area contributed by atoms with Crippen LogP contribution in [0.4, 0.5) is 0 Å². The lowest BCUT2D eigenvalue weighted by Gasteiger charge is -2.15. The summed E-state index contributed by atoms with van der Waals surface area (Å²) in [4.78, 5) is 29.1. The molecule has 1 N–H and O–H groups in total. The van der Waals surface area contributed by atoms with Crippen LogP contribution in [0.25, 0.3) is 11.0 Å². The van der Waals surface area contributed by atoms with Gasteiger partial charge in [-0.05, 0) is 57.5 Å². The fraction of sp³-hybridized carbons (Fsp3) is 0.348. The van der Waals surface area contributed by atoms with Gasteiger partial charge >= 0.3 is 5.97 Å². The van der Waals surface area contributed by atoms with Gasteiger partial charge in [-0.1, -0.05) is 23.7 Å². The summed E-state index contributed by atoms with van der Waals surface area (Å²) < 4.78 is 31.5. The number of carbonyl (C=O) groups excluding carboxylic acids is 2. The van der Waals surface area contributed by atoms with E-state index in [2.05, 4.69) is 10.3 Å². The highest BCUT2D eigenvalue weighted by Gasteiger charge is 2.22. The number of carbonyl (C=O) groups is 2. The molecule has 8 nitrogen and oxygen atoms in total. The summed E-state index contributed by atoms with van der Waals surface area (Å²) in [5.74, 6) is -1.84. The lowest BCUT2D eigenvalue weighted by atomic mass is 10.1. The maximum absolute atomic E-state index is 12.9. The van der Waals surface area contributed by atoms with Crippen LogP contribution in [-0.4, -0.2) is 41.7 Å². The third kappa shape index (κ3) is 5.54. The first-order chi connectivity index (χ1) is 15.4. The molecule has 10 heteroatoms. The second-order valence-corrected chi connectivity index (χ2v) is 10.5. The fourth-order valence-corrected chi connectivity index (χ4v) is 4.83.